The number of benzene rings is 2. The van der Waals surface area contributed by atoms with Gasteiger partial charge in [0.15, 0.2) is 5.78 Å². The quantitative estimate of drug-likeness (QED) is 0.360. The number of hydrogen-bond donors (Lipinski definition) is 0. The second-order valence-corrected chi connectivity index (χ2v) is 5.13. The molecule has 0 aliphatic rings. The van der Waals surface area contributed by atoms with Crippen molar-refractivity contribution in [2.24, 2.45) is 0 Å². The molecule has 0 saturated heterocycles. The minimum atomic E-state index is -0.469. The number of hydrogen-bond acceptors (Lipinski definition) is 4. The Bertz CT molecular complexity index is 794. The molecule has 0 spiro atoms. The highest BCUT2D eigenvalue weighted by Crippen LogP contribution is 2.24. The molecular formula is C18H17NO4. The fraction of sp³-hybridized carbons (Fsp3) is 0.167. The SMILES string of the molecule is COc1cc(C(=O)/C=C/c2ccccc2[N+](=O)[O-])cc(C)c1C. The highest BCUT2D eigenvalue weighted by molar-refractivity contribution is 6.07. The molecular weight excluding hydrogens is 294 g/mol. The normalized spacial score (nSPS) is 10.7. The third-order valence-electron chi connectivity index (χ3n) is 3.67. The van der Waals surface area contributed by atoms with Crippen LogP contribution < -0.4 is 4.74 Å². The van der Waals surface area contributed by atoms with Crippen LogP contribution >= 0.6 is 0 Å². The number of methoxy groups -OCH3 is 1. The Kier molecular flexibility index (Phi) is 4.91. The molecule has 5 heteroatoms. The molecule has 0 N–H and O–H groups in total. The van der Waals surface area contributed by atoms with Gasteiger partial charge in [-0.25, -0.2) is 0 Å². The molecule has 5 nitrogen and oxygen atoms in total. The van der Waals surface area contributed by atoms with Crippen LogP contribution in [0.3, 0.4) is 0 Å². The molecule has 0 atom stereocenters. The van der Waals surface area contributed by atoms with Crippen molar-refractivity contribution >= 4 is 17.5 Å². The van der Waals surface area contributed by atoms with Gasteiger partial charge in [-0.3, -0.25) is 14.9 Å². The number of carbonyl (C=O) groups is 1. The number of aryl methyl sites for hydroxylation is 1. The van der Waals surface area contributed by atoms with Gasteiger partial charge in [0.1, 0.15) is 5.75 Å². The van der Waals surface area contributed by atoms with E-state index in [1.54, 1.807) is 37.4 Å². The van der Waals surface area contributed by atoms with E-state index in [9.17, 15) is 14.9 Å². The first-order valence-electron chi connectivity index (χ1n) is 7.05. The van der Waals surface area contributed by atoms with Gasteiger partial charge >= 0.3 is 0 Å². The molecule has 0 bridgehead atoms. The summed E-state index contributed by atoms with van der Waals surface area (Å²) in [6.45, 7) is 3.83. The smallest absolute Gasteiger partial charge is 0.276 e. The molecule has 0 unspecified atom stereocenters. The van der Waals surface area contributed by atoms with Gasteiger partial charge in [0.05, 0.1) is 17.6 Å². The predicted molar refractivity (Wildman–Crippen MR) is 88.9 cm³/mol. The molecule has 0 heterocycles. The Morgan fingerprint density at radius 1 is 1.22 bits per heavy atom. The van der Waals surface area contributed by atoms with Crippen LogP contribution in [-0.4, -0.2) is 17.8 Å². The summed E-state index contributed by atoms with van der Waals surface area (Å²) in [5.74, 6) is 0.414. The summed E-state index contributed by atoms with van der Waals surface area (Å²) >= 11 is 0. The van der Waals surface area contributed by atoms with Gasteiger partial charge in [0.25, 0.3) is 5.69 Å². The summed E-state index contributed by atoms with van der Waals surface area (Å²) in [6, 6.07) is 9.74. The Morgan fingerprint density at radius 2 is 1.91 bits per heavy atom. The van der Waals surface area contributed by atoms with Crippen molar-refractivity contribution in [1.82, 2.24) is 0 Å². The monoisotopic (exact) mass is 311 g/mol. The van der Waals surface area contributed by atoms with E-state index in [0.717, 1.165) is 11.1 Å². The number of rotatable bonds is 5. The number of nitrogens with zero attached hydrogens (tertiary/aromatic N) is 1. The maximum Gasteiger partial charge on any atom is 0.276 e. The van der Waals surface area contributed by atoms with E-state index in [2.05, 4.69) is 0 Å². The zero-order valence-electron chi connectivity index (χ0n) is 13.2. The minimum absolute atomic E-state index is 0.0331. The number of ketones is 1. The van der Waals surface area contributed by atoms with Crippen molar-refractivity contribution in [3.8, 4) is 5.75 Å². The minimum Gasteiger partial charge on any atom is -0.496 e. The molecule has 2 aromatic rings. The third-order valence-corrected chi connectivity index (χ3v) is 3.67. The molecule has 0 saturated carbocycles. The summed E-state index contributed by atoms with van der Waals surface area (Å²) in [5.41, 5.74) is 2.77. The average Bonchev–Trinajstić information content (AvgIpc) is 2.55. The van der Waals surface area contributed by atoms with Crippen molar-refractivity contribution in [1.29, 1.82) is 0 Å². The zero-order chi connectivity index (χ0) is 17.0. The second kappa shape index (κ2) is 6.87. The lowest BCUT2D eigenvalue weighted by Crippen LogP contribution is -1.99. The number of para-hydroxylation sites is 1. The Morgan fingerprint density at radius 3 is 2.57 bits per heavy atom. The lowest BCUT2D eigenvalue weighted by Gasteiger charge is -2.09. The van der Waals surface area contributed by atoms with Gasteiger partial charge in [-0.2, -0.15) is 0 Å². The second-order valence-electron chi connectivity index (χ2n) is 5.13. The van der Waals surface area contributed by atoms with Crippen LogP contribution in [0.25, 0.3) is 6.08 Å². The van der Waals surface area contributed by atoms with Crippen LogP contribution in [0, 0.1) is 24.0 Å². The Labute approximate surface area is 134 Å². The summed E-state index contributed by atoms with van der Waals surface area (Å²) in [5, 5.41) is 11.0. The number of allylic oxidation sites excluding steroid dienone is 1. The third kappa shape index (κ3) is 3.63. The Hall–Kier alpha value is -2.95. The molecule has 0 aromatic heterocycles. The first kappa shape index (κ1) is 16.4. The molecule has 118 valence electrons. The first-order chi connectivity index (χ1) is 10.9. The molecule has 0 amide bonds. The van der Waals surface area contributed by atoms with E-state index in [1.807, 2.05) is 13.8 Å². The summed E-state index contributed by atoms with van der Waals surface area (Å²) in [4.78, 5) is 22.8. The largest absolute Gasteiger partial charge is 0.496 e. The highest BCUT2D eigenvalue weighted by Gasteiger charge is 2.12. The predicted octanol–water partition coefficient (Wildman–Crippen LogP) is 4.12. The van der Waals surface area contributed by atoms with Gasteiger partial charge in [-0.15, -0.1) is 0 Å². The van der Waals surface area contributed by atoms with Crippen LogP contribution in [0.15, 0.2) is 42.5 Å². The fourth-order valence-electron chi connectivity index (χ4n) is 2.24. The summed E-state index contributed by atoms with van der Waals surface area (Å²) in [6.07, 6.45) is 2.80. The number of carbonyl (C=O) groups excluding carboxylic acids is 1. The molecule has 2 aromatic carbocycles. The van der Waals surface area contributed by atoms with Gasteiger partial charge in [0, 0.05) is 11.6 Å². The zero-order valence-corrected chi connectivity index (χ0v) is 13.2. The van der Waals surface area contributed by atoms with Crippen LogP contribution in [0.2, 0.25) is 0 Å². The van der Waals surface area contributed by atoms with Gasteiger partial charge in [-0.1, -0.05) is 12.1 Å². The molecule has 2 rings (SSSR count). The average molecular weight is 311 g/mol. The van der Waals surface area contributed by atoms with Gasteiger partial charge in [0.2, 0.25) is 0 Å². The van der Waals surface area contributed by atoms with Crippen LogP contribution in [0.4, 0.5) is 5.69 Å². The van der Waals surface area contributed by atoms with Gasteiger partial charge in [-0.05, 0) is 55.3 Å². The number of nitro groups is 1. The van der Waals surface area contributed by atoms with E-state index in [4.69, 9.17) is 4.74 Å². The van der Waals surface area contributed by atoms with Crippen LogP contribution in [0.5, 0.6) is 5.75 Å². The molecule has 0 radical (unpaired) electrons. The lowest BCUT2D eigenvalue weighted by atomic mass is 10.0. The first-order valence-corrected chi connectivity index (χ1v) is 7.05. The van der Waals surface area contributed by atoms with Crippen molar-refractivity contribution in [3.63, 3.8) is 0 Å². The van der Waals surface area contributed by atoms with Crippen molar-refractivity contribution in [3.05, 3.63) is 74.8 Å². The molecule has 0 fully saturated rings. The maximum absolute atomic E-state index is 12.3. The van der Waals surface area contributed by atoms with E-state index < -0.39 is 4.92 Å². The van der Waals surface area contributed by atoms with E-state index in [0.29, 0.717) is 16.9 Å². The molecule has 23 heavy (non-hydrogen) atoms. The maximum atomic E-state index is 12.3. The Balaban J connectivity index is 2.33. The van der Waals surface area contributed by atoms with E-state index in [-0.39, 0.29) is 11.5 Å². The van der Waals surface area contributed by atoms with Gasteiger partial charge < -0.3 is 4.74 Å². The van der Waals surface area contributed by atoms with Crippen LogP contribution in [0.1, 0.15) is 27.0 Å². The van der Waals surface area contributed by atoms with Crippen molar-refractivity contribution < 1.29 is 14.5 Å². The molecule has 0 aliphatic heterocycles. The van der Waals surface area contributed by atoms with Crippen molar-refractivity contribution in [2.45, 2.75) is 13.8 Å². The van der Waals surface area contributed by atoms with Crippen molar-refractivity contribution in [2.75, 3.05) is 7.11 Å². The van der Waals surface area contributed by atoms with E-state index in [1.165, 1.54) is 18.2 Å². The lowest BCUT2D eigenvalue weighted by molar-refractivity contribution is -0.385. The highest BCUT2D eigenvalue weighted by atomic mass is 16.6. The molecule has 0 aliphatic carbocycles. The van der Waals surface area contributed by atoms with E-state index >= 15 is 0 Å². The fourth-order valence-corrected chi connectivity index (χ4v) is 2.24. The summed E-state index contributed by atoms with van der Waals surface area (Å²) < 4.78 is 5.26. The number of ether oxygens (including phenoxy) is 1. The standard InChI is InChI=1S/C18H17NO4/c1-12-10-15(11-18(23-3)13(12)2)17(20)9-8-14-6-4-5-7-16(14)19(21)22/h4-11H,1-3H3/b9-8+. The summed E-state index contributed by atoms with van der Waals surface area (Å²) in [7, 11) is 1.55. The van der Waals surface area contributed by atoms with Crippen LogP contribution in [-0.2, 0) is 0 Å². The topological polar surface area (TPSA) is 69.4 Å². The number of nitro benzene ring substituents is 1.